The normalized spacial score (nSPS) is 14.6. The van der Waals surface area contributed by atoms with Crippen molar-refractivity contribution in [2.24, 2.45) is 16.8 Å². The maximum Gasteiger partial charge on any atom is 0.326 e. The molecule has 13 heteroatoms. The Labute approximate surface area is 243 Å². The number of unbranched alkanes of at least 4 members (excludes halogenated alkanes) is 2. The van der Waals surface area contributed by atoms with Crippen LogP contribution in [0.15, 0.2) is 47.7 Å². The Balaban J connectivity index is 0.000000259. The maximum atomic E-state index is 11.7. The second-order valence-electron chi connectivity index (χ2n) is 9.94. The third kappa shape index (κ3) is 10.3. The maximum absolute atomic E-state index is 11.7. The summed E-state index contributed by atoms with van der Waals surface area (Å²) in [6.45, 7) is 5.23. The number of anilines is 1. The molecule has 0 saturated heterocycles. The number of rotatable bonds is 10. The van der Waals surface area contributed by atoms with Gasteiger partial charge in [-0.2, -0.15) is 5.10 Å². The van der Waals surface area contributed by atoms with Crippen LogP contribution < -0.4 is 16.5 Å². The van der Waals surface area contributed by atoms with Crippen molar-refractivity contribution in [1.29, 1.82) is 0 Å². The lowest BCUT2D eigenvalue weighted by Gasteiger charge is -2.18. The van der Waals surface area contributed by atoms with Gasteiger partial charge in [-0.15, -0.1) is 0 Å². The van der Waals surface area contributed by atoms with E-state index < -0.39 is 24.0 Å². The highest BCUT2D eigenvalue weighted by atomic mass is 16.4. The number of aliphatic carboxylic acids is 2. The van der Waals surface area contributed by atoms with Crippen molar-refractivity contribution in [3.8, 4) is 0 Å². The van der Waals surface area contributed by atoms with Crippen molar-refractivity contribution in [3.63, 3.8) is 0 Å². The molecule has 0 saturated carbocycles. The first-order valence-electron chi connectivity index (χ1n) is 13.5. The van der Waals surface area contributed by atoms with Crippen LogP contribution >= 0.6 is 0 Å². The number of aromatic amines is 1. The van der Waals surface area contributed by atoms with Gasteiger partial charge in [-0.25, -0.2) is 4.79 Å². The number of nitrogens with one attached hydrogen (secondary N) is 3. The quantitative estimate of drug-likeness (QED) is 0.179. The van der Waals surface area contributed by atoms with Crippen LogP contribution in [0.3, 0.4) is 0 Å². The summed E-state index contributed by atoms with van der Waals surface area (Å²) in [5.41, 5.74) is 11.2. The number of benzene rings is 1. The molecule has 13 nitrogen and oxygen atoms in total. The molecule has 0 aliphatic carbocycles. The van der Waals surface area contributed by atoms with Crippen molar-refractivity contribution in [2.45, 2.75) is 58.5 Å². The Kier molecular flexibility index (Phi) is 13.1. The minimum Gasteiger partial charge on any atom is -0.480 e. The number of hydrogen-bond acceptors (Lipinski definition) is 8. The number of allylic oxidation sites excluding steroid dienone is 1. The number of amides is 3. The zero-order chi connectivity index (χ0) is 31.2. The van der Waals surface area contributed by atoms with Gasteiger partial charge in [0.25, 0.3) is 11.8 Å². The highest BCUT2D eigenvalue weighted by molar-refractivity contribution is 6.12. The van der Waals surface area contributed by atoms with Gasteiger partial charge in [-0.05, 0) is 43.9 Å². The summed E-state index contributed by atoms with van der Waals surface area (Å²) in [5, 5.41) is 24.6. The van der Waals surface area contributed by atoms with Crippen molar-refractivity contribution in [3.05, 3.63) is 48.2 Å². The molecule has 0 unspecified atom stereocenters. The molecule has 1 aromatic heterocycles. The van der Waals surface area contributed by atoms with Crippen LogP contribution in [0.25, 0.3) is 17.0 Å². The fraction of sp³-hybridized carbons (Fsp3) is 0.379. The minimum absolute atomic E-state index is 0.179. The van der Waals surface area contributed by atoms with E-state index in [1.807, 2.05) is 18.3 Å². The SMILES string of the molecule is C1=Cc2ccc3[nH]ccc3c2NN=C1.CC(C)[C@H](NC(=O)CCCCCN1C(=O)C=CC1=O)C(=O)O.C[C@H](N)C(=O)O. The number of imide groups is 1. The topological polar surface area (TPSA) is 207 Å². The van der Waals surface area contributed by atoms with Gasteiger partial charge < -0.3 is 26.2 Å². The molecule has 3 amide bonds. The molecule has 2 aliphatic rings. The summed E-state index contributed by atoms with van der Waals surface area (Å²) >= 11 is 0. The highest BCUT2D eigenvalue weighted by Gasteiger charge is 2.24. The van der Waals surface area contributed by atoms with E-state index in [0.29, 0.717) is 25.8 Å². The fourth-order valence-corrected chi connectivity index (χ4v) is 3.85. The average Bonchev–Trinajstić information content (AvgIpc) is 3.45. The van der Waals surface area contributed by atoms with E-state index in [1.165, 1.54) is 29.4 Å². The zero-order valence-electron chi connectivity index (χ0n) is 23.9. The van der Waals surface area contributed by atoms with E-state index in [2.05, 4.69) is 39.0 Å². The minimum atomic E-state index is -1.04. The molecule has 0 radical (unpaired) electrons. The van der Waals surface area contributed by atoms with Crippen molar-refractivity contribution in [1.82, 2.24) is 15.2 Å². The molecule has 0 spiro atoms. The van der Waals surface area contributed by atoms with Crippen LogP contribution in [0, 0.1) is 5.92 Å². The summed E-state index contributed by atoms with van der Waals surface area (Å²) in [6, 6.07) is 4.59. The Morgan fingerprint density at radius 1 is 0.976 bits per heavy atom. The fourth-order valence-electron chi connectivity index (χ4n) is 3.85. The Bertz CT molecular complexity index is 1340. The lowest BCUT2D eigenvalue weighted by atomic mass is 10.0. The molecule has 3 heterocycles. The molecule has 1 aromatic carbocycles. The van der Waals surface area contributed by atoms with Gasteiger partial charge in [0.1, 0.15) is 12.1 Å². The number of nitrogens with two attached hydrogens (primary N) is 1. The van der Waals surface area contributed by atoms with Gasteiger partial charge in [0.2, 0.25) is 5.91 Å². The number of nitrogens with zero attached hydrogens (tertiary/aromatic N) is 2. The summed E-state index contributed by atoms with van der Waals surface area (Å²) in [4.78, 5) is 59.2. The standard InChI is InChI=1S/C15H22N2O5.C11H9N3.C3H7NO2/c1-10(2)14(15(21)22)16-11(18)6-4-3-5-9-17-12(19)7-8-13(17)20;1-2-8-3-4-10-9(5-7-12-10)11(8)14-13-6-1;1-2(4)3(5)6/h7-8,10,14H,3-6,9H2,1-2H3,(H,16,18)(H,21,22);1-7,12,14H;2H,4H2,1H3,(H,5,6)/t14-;;2-/m0.0/s1. The molecular weight excluding hydrogens is 544 g/mol. The molecule has 2 aliphatic heterocycles. The van der Waals surface area contributed by atoms with E-state index in [9.17, 15) is 24.0 Å². The third-order valence-electron chi connectivity index (χ3n) is 6.20. The first kappa shape index (κ1) is 33.4. The molecule has 0 bridgehead atoms. The summed E-state index contributed by atoms with van der Waals surface area (Å²) in [7, 11) is 0. The average molecular weight is 583 g/mol. The van der Waals surface area contributed by atoms with Gasteiger partial charge in [0, 0.05) is 54.0 Å². The number of hydrogen-bond donors (Lipinski definition) is 6. The predicted octanol–water partition coefficient (Wildman–Crippen LogP) is 2.71. The van der Waals surface area contributed by atoms with E-state index in [0.717, 1.165) is 16.8 Å². The molecule has 226 valence electrons. The third-order valence-corrected chi connectivity index (χ3v) is 6.20. The summed E-state index contributed by atoms with van der Waals surface area (Å²) in [5.74, 6) is -3.08. The molecule has 4 rings (SSSR count). The predicted molar refractivity (Wildman–Crippen MR) is 159 cm³/mol. The van der Waals surface area contributed by atoms with E-state index in [4.69, 9.17) is 15.9 Å². The number of carboxylic acids is 2. The van der Waals surface area contributed by atoms with E-state index in [1.54, 1.807) is 20.1 Å². The lowest BCUT2D eigenvalue weighted by Crippen LogP contribution is -2.44. The van der Waals surface area contributed by atoms with Gasteiger partial charge in [-0.1, -0.05) is 32.4 Å². The second-order valence-corrected chi connectivity index (χ2v) is 9.94. The molecule has 0 fully saturated rings. The number of H-pyrrole nitrogens is 1. The van der Waals surface area contributed by atoms with Crippen molar-refractivity contribution in [2.75, 3.05) is 12.0 Å². The van der Waals surface area contributed by atoms with Crippen LogP contribution in [0.5, 0.6) is 0 Å². The number of carbonyl (C=O) groups is 5. The first-order valence-corrected chi connectivity index (χ1v) is 13.5. The highest BCUT2D eigenvalue weighted by Crippen LogP contribution is 2.28. The molecular formula is C29H38N6O7. The molecule has 2 aromatic rings. The van der Waals surface area contributed by atoms with Gasteiger partial charge >= 0.3 is 11.9 Å². The lowest BCUT2D eigenvalue weighted by molar-refractivity contribution is -0.143. The second kappa shape index (κ2) is 16.5. The van der Waals surface area contributed by atoms with Gasteiger partial charge in [0.15, 0.2) is 0 Å². The summed E-state index contributed by atoms with van der Waals surface area (Å²) < 4.78 is 0. The van der Waals surface area contributed by atoms with Crippen LogP contribution in [0.1, 0.15) is 52.0 Å². The number of aromatic nitrogens is 1. The molecule has 7 N–H and O–H groups in total. The number of carboxylic acid groups (broad SMARTS) is 2. The number of carbonyl (C=O) groups excluding carboxylic acids is 3. The zero-order valence-corrected chi connectivity index (χ0v) is 23.9. The largest absolute Gasteiger partial charge is 0.480 e. The van der Waals surface area contributed by atoms with E-state index >= 15 is 0 Å². The first-order chi connectivity index (χ1) is 19.9. The van der Waals surface area contributed by atoms with Crippen LogP contribution in [-0.2, 0) is 24.0 Å². The summed E-state index contributed by atoms with van der Waals surface area (Å²) in [6.07, 6.45) is 12.3. The number of hydrazone groups is 1. The molecule has 42 heavy (non-hydrogen) atoms. The number of fused-ring (bicyclic) bond motifs is 3. The van der Waals surface area contributed by atoms with Gasteiger partial charge in [0.05, 0.1) is 5.69 Å². The van der Waals surface area contributed by atoms with Crippen LogP contribution in [0.2, 0.25) is 0 Å². The monoisotopic (exact) mass is 582 g/mol. The van der Waals surface area contributed by atoms with Crippen LogP contribution in [-0.4, -0.2) is 74.6 Å². The molecule has 2 atom stereocenters. The van der Waals surface area contributed by atoms with Crippen LogP contribution in [0.4, 0.5) is 5.69 Å². The smallest absolute Gasteiger partial charge is 0.326 e. The van der Waals surface area contributed by atoms with Crippen molar-refractivity contribution >= 4 is 58.5 Å². The van der Waals surface area contributed by atoms with E-state index in [-0.39, 0.29) is 30.1 Å². The Morgan fingerprint density at radius 3 is 2.24 bits per heavy atom. The Morgan fingerprint density at radius 2 is 1.64 bits per heavy atom. The van der Waals surface area contributed by atoms with Gasteiger partial charge in [-0.3, -0.25) is 29.5 Å². The van der Waals surface area contributed by atoms with Crippen molar-refractivity contribution < 1.29 is 34.2 Å². The Hall–Kier alpha value is -4.78.